The summed E-state index contributed by atoms with van der Waals surface area (Å²) < 4.78 is 7.77. The minimum absolute atomic E-state index is 0.285. The number of imidazole rings is 1. The molecular formula is C25H27N3O2. The third kappa shape index (κ3) is 3.30. The fourth-order valence-corrected chi connectivity index (χ4v) is 4.03. The van der Waals surface area contributed by atoms with Gasteiger partial charge in [-0.15, -0.1) is 0 Å². The first-order valence-corrected chi connectivity index (χ1v) is 10.1. The number of amides is 1. The van der Waals surface area contributed by atoms with Crippen LogP contribution in [0.4, 0.5) is 5.95 Å². The number of hydrogen-bond acceptors (Lipinski definition) is 3. The smallest absolute Gasteiger partial charge is 0.293 e. The van der Waals surface area contributed by atoms with Gasteiger partial charge in [0.05, 0.1) is 11.0 Å². The summed E-state index contributed by atoms with van der Waals surface area (Å²) in [6.45, 7) is 10.8. The van der Waals surface area contributed by atoms with Gasteiger partial charge in [0.2, 0.25) is 5.95 Å². The van der Waals surface area contributed by atoms with E-state index in [4.69, 9.17) is 4.42 Å². The van der Waals surface area contributed by atoms with Crippen LogP contribution in [0.5, 0.6) is 0 Å². The van der Waals surface area contributed by atoms with E-state index in [1.165, 1.54) is 33.4 Å². The molecule has 1 amide bonds. The number of benzene rings is 2. The molecule has 1 N–H and O–H groups in total. The number of para-hydroxylation sites is 2. The topological polar surface area (TPSA) is 60.1 Å². The molecule has 0 fully saturated rings. The average molecular weight is 402 g/mol. The Hall–Kier alpha value is -3.34. The Morgan fingerprint density at radius 2 is 1.57 bits per heavy atom. The molecule has 0 aliphatic heterocycles. The van der Waals surface area contributed by atoms with E-state index < -0.39 is 0 Å². The summed E-state index contributed by atoms with van der Waals surface area (Å²) in [6.07, 6.45) is 0.666. The van der Waals surface area contributed by atoms with E-state index in [1.807, 2.05) is 41.9 Å². The van der Waals surface area contributed by atoms with Crippen molar-refractivity contribution in [2.45, 2.75) is 41.0 Å². The number of fused-ring (bicyclic) bond motifs is 1. The first-order chi connectivity index (χ1) is 14.3. The van der Waals surface area contributed by atoms with E-state index in [1.54, 1.807) is 6.07 Å². The second-order valence-electron chi connectivity index (χ2n) is 7.98. The fraction of sp³-hybridized carbons (Fsp3) is 0.280. The molecule has 154 valence electrons. The van der Waals surface area contributed by atoms with Crippen LogP contribution >= 0.6 is 0 Å². The maximum Gasteiger partial charge on any atom is 0.293 e. The number of hydrogen-bond donors (Lipinski definition) is 1. The number of anilines is 1. The number of furan rings is 1. The number of carbonyl (C=O) groups is 1. The Bertz CT molecular complexity index is 1250. The summed E-state index contributed by atoms with van der Waals surface area (Å²) in [5.74, 6) is 1.26. The highest BCUT2D eigenvalue weighted by Crippen LogP contribution is 2.28. The van der Waals surface area contributed by atoms with E-state index in [0.717, 1.165) is 16.8 Å². The summed E-state index contributed by atoms with van der Waals surface area (Å²) in [5.41, 5.74) is 9.63. The predicted molar refractivity (Wildman–Crippen MR) is 120 cm³/mol. The third-order valence-corrected chi connectivity index (χ3v) is 6.40. The molecule has 0 saturated heterocycles. The number of nitrogens with one attached hydrogen (secondary N) is 1. The van der Waals surface area contributed by atoms with Gasteiger partial charge in [0.25, 0.3) is 5.91 Å². The summed E-state index contributed by atoms with van der Waals surface area (Å²) in [6, 6.07) is 11.4. The molecule has 0 aliphatic rings. The monoisotopic (exact) mass is 401 g/mol. The maximum absolute atomic E-state index is 12.7. The molecule has 2 heterocycles. The molecule has 4 rings (SSSR count). The first-order valence-electron chi connectivity index (χ1n) is 10.1. The van der Waals surface area contributed by atoms with Gasteiger partial charge in [-0.25, -0.2) is 4.98 Å². The van der Waals surface area contributed by atoms with Crippen LogP contribution in [-0.2, 0) is 13.5 Å². The molecule has 0 spiro atoms. The normalized spacial score (nSPS) is 11.3. The Morgan fingerprint density at radius 1 is 0.933 bits per heavy atom. The molecule has 0 radical (unpaired) electrons. The van der Waals surface area contributed by atoms with Crippen LogP contribution < -0.4 is 5.32 Å². The minimum Gasteiger partial charge on any atom is -0.456 e. The zero-order valence-corrected chi connectivity index (χ0v) is 18.4. The van der Waals surface area contributed by atoms with Gasteiger partial charge in [-0.3, -0.25) is 10.1 Å². The van der Waals surface area contributed by atoms with E-state index in [-0.39, 0.29) is 11.7 Å². The van der Waals surface area contributed by atoms with Crippen molar-refractivity contribution in [1.29, 1.82) is 0 Å². The van der Waals surface area contributed by atoms with Crippen molar-refractivity contribution in [2.75, 3.05) is 5.32 Å². The number of nitrogens with zero attached hydrogens (tertiary/aromatic N) is 2. The lowest BCUT2D eigenvalue weighted by molar-refractivity contribution is 0.0994. The SMILES string of the molecule is Cc1c(C)c(C)c(Cc2ccc(C(=O)Nc3nc4ccccc4n3C)o2)c(C)c1C. The first kappa shape index (κ1) is 20.0. The van der Waals surface area contributed by atoms with Crippen molar-refractivity contribution in [2.24, 2.45) is 7.05 Å². The van der Waals surface area contributed by atoms with E-state index >= 15 is 0 Å². The van der Waals surface area contributed by atoms with E-state index in [9.17, 15) is 4.79 Å². The molecule has 5 heteroatoms. The highest BCUT2D eigenvalue weighted by molar-refractivity contribution is 6.02. The Balaban J connectivity index is 1.57. The second kappa shape index (κ2) is 7.48. The Morgan fingerprint density at radius 3 is 2.23 bits per heavy atom. The van der Waals surface area contributed by atoms with Crippen LogP contribution in [0, 0.1) is 34.6 Å². The molecule has 0 atom stereocenters. The van der Waals surface area contributed by atoms with Gasteiger partial charge in [-0.2, -0.15) is 0 Å². The van der Waals surface area contributed by atoms with Crippen LogP contribution in [0.15, 0.2) is 40.8 Å². The number of carbonyl (C=O) groups excluding carboxylic acids is 1. The quantitative estimate of drug-likeness (QED) is 0.488. The standard InChI is InChI=1S/C25H27N3O2/c1-14-15(2)17(4)20(18(5)16(14)3)13-19-11-12-23(30-19)24(29)27-25-26-21-9-7-8-10-22(21)28(25)6/h7-12H,13H2,1-6H3,(H,26,27,29). The number of rotatable bonds is 4. The summed E-state index contributed by atoms with van der Waals surface area (Å²) in [7, 11) is 1.88. The summed E-state index contributed by atoms with van der Waals surface area (Å²) in [4.78, 5) is 17.2. The molecule has 0 bridgehead atoms. The highest BCUT2D eigenvalue weighted by atomic mass is 16.3. The molecule has 0 unspecified atom stereocenters. The van der Waals surface area contributed by atoms with Gasteiger partial charge >= 0.3 is 0 Å². The number of aromatic nitrogens is 2. The lowest BCUT2D eigenvalue weighted by atomic mass is 9.88. The third-order valence-electron chi connectivity index (χ3n) is 6.40. The highest BCUT2D eigenvalue weighted by Gasteiger charge is 2.18. The van der Waals surface area contributed by atoms with Crippen LogP contribution in [0.25, 0.3) is 11.0 Å². The van der Waals surface area contributed by atoms with Crippen LogP contribution in [0.1, 0.15) is 49.7 Å². The van der Waals surface area contributed by atoms with Gasteiger partial charge in [-0.05, 0) is 92.3 Å². The van der Waals surface area contributed by atoms with Crippen LogP contribution in [0.3, 0.4) is 0 Å². The van der Waals surface area contributed by atoms with Gasteiger partial charge < -0.3 is 8.98 Å². The van der Waals surface area contributed by atoms with E-state index in [0.29, 0.717) is 12.4 Å². The Labute approximate surface area is 176 Å². The Kier molecular flexibility index (Phi) is 4.98. The summed E-state index contributed by atoms with van der Waals surface area (Å²) >= 11 is 0. The summed E-state index contributed by atoms with van der Waals surface area (Å²) in [5, 5.41) is 2.86. The fourth-order valence-electron chi connectivity index (χ4n) is 4.03. The maximum atomic E-state index is 12.7. The molecular weight excluding hydrogens is 374 g/mol. The zero-order valence-electron chi connectivity index (χ0n) is 18.4. The zero-order chi connectivity index (χ0) is 21.6. The molecule has 5 nitrogen and oxygen atoms in total. The van der Waals surface area contributed by atoms with Crippen molar-refractivity contribution < 1.29 is 9.21 Å². The van der Waals surface area contributed by atoms with Gasteiger partial charge in [0.1, 0.15) is 5.76 Å². The predicted octanol–water partition coefficient (Wildman–Crippen LogP) is 5.55. The van der Waals surface area contributed by atoms with Crippen molar-refractivity contribution in [1.82, 2.24) is 9.55 Å². The van der Waals surface area contributed by atoms with Crippen molar-refractivity contribution >= 4 is 22.9 Å². The van der Waals surface area contributed by atoms with Crippen molar-refractivity contribution in [3.05, 3.63) is 81.3 Å². The molecule has 2 aromatic heterocycles. The molecule has 2 aromatic carbocycles. The second-order valence-corrected chi connectivity index (χ2v) is 7.98. The molecule has 30 heavy (non-hydrogen) atoms. The number of aryl methyl sites for hydroxylation is 1. The molecule has 0 saturated carbocycles. The van der Waals surface area contributed by atoms with Gasteiger partial charge in [-0.1, -0.05) is 12.1 Å². The lowest BCUT2D eigenvalue weighted by Crippen LogP contribution is -2.14. The largest absolute Gasteiger partial charge is 0.456 e. The lowest BCUT2D eigenvalue weighted by Gasteiger charge is -2.18. The average Bonchev–Trinajstić information content (AvgIpc) is 3.33. The van der Waals surface area contributed by atoms with Crippen LogP contribution in [-0.4, -0.2) is 15.5 Å². The van der Waals surface area contributed by atoms with Crippen molar-refractivity contribution in [3.63, 3.8) is 0 Å². The van der Waals surface area contributed by atoms with Crippen LogP contribution in [0.2, 0.25) is 0 Å². The van der Waals surface area contributed by atoms with Gasteiger partial charge in [0.15, 0.2) is 5.76 Å². The van der Waals surface area contributed by atoms with Crippen molar-refractivity contribution in [3.8, 4) is 0 Å². The minimum atomic E-state index is -0.302. The van der Waals surface area contributed by atoms with Gasteiger partial charge in [0, 0.05) is 13.5 Å². The molecule has 0 aliphatic carbocycles. The molecule has 4 aromatic rings. The van der Waals surface area contributed by atoms with E-state index in [2.05, 4.69) is 44.9 Å².